The number of para-hydroxylation sites is 1. The van der Waals surface area contributed by atoms with Crippen molar-refractivity contribution in [1.29, 1.82) is 0 Å². The Morgan fingerprint density at radius 2 is 1.74 bits per heavy atom. The Kier molecular flexibility index (Phi) is 4.87. The van der Waals surface area contributed by atoms with Crippen molar-refractivity contribution in [3.05, 3.63) is 84.4 Å². The summed E-state index contributed by atoms with van der Waals surface area (Å²) in [6, 6.07) is 18.4. The molecule has 134 valence electrons. The van der Waals surface area contributed by atoms with Crippen LogP contribution in [0.15, 0.2) is 73.1 Å². The van der Waals surface area contributed by atoms with Crippen molar-refractivity contribution < 1.29 is 4.39 Å². The van der Waals surface area contributed by atoms with Gasteiger partial charge >= 0.3 is 0 Å². The first kappa shape index (κ1) is 16.9. The van der Waals surface area contributed by atoms with Crippen molar-refractivity contribution >= 4 is 28.4 Å². The molecule has 6 heteroatoms. The molecule has 0 bridgehead atoms. The molecule has 0 aliphatic heterocycles. The maximum Gasteiger partial charge on any atom is 0.224 e. The fourth-order valence-corrected chi connectivity index (χ4v) is 2.87. The number of nitrogens with zero attached hydrogens (tertiary/aromatic N) is 3. The summed E-state index contributed by atoms with van der Waals surface area (Å²) in [6.45, 7) is 0.542. The average Bonchev–Trinajstić information content (AvgIpc) is 2.70. The van der Waals surface area contributed by atoms with Gasteiger partial charge in [0.25, 0.3) is 0 Å². The highest BCUT2D eigenvalue weighted by Gasteiger charge is 2.05. The van der Waals surface area contributed by atoms with E-state index in [2.05, 4.69) is 25.6 Å². The Balaban J connectivity index is 1.45. The van der Waals surface area contributed by atoms with E-state index in [1.54, 1.807) is 30.6 Å². The number of aromatic nitrogens is 3. The molecule has 0 radical (unpaired) electrons. The van der Waals surface area contributed by atoms with Gasteiger partial charge in [-0.05, 0) is 36.2 Å². The van der Waals surface area contributed by atoms with Crippen molar-refractivity contribution in [2.45, 2.75) is 6.42 Å². The van der Waals surface area contributed by atoms with E-state index in [1.165, 1.54) is 6.07 Å². The second-order valence-electron chi connectivity index (χ2n) is 6.04. The smallest absolute Gasteiger partial charge is 0.224 e. The van der Waals surface area contributed by atoms with Gasteiger partial charge in [-0.15, -0.1) is 0 Å². The average molecular weight is 359 g/mol. The van der Waals surface area contributed by atoms with Crippen LogP contribution in [-0.2, 0) is 6.42 Å². The largest absolute Gasteiger partial charge is 0.354 e. The van der Waals surface area contributed by atoms with Crippen LogP contribution in [0.1, 0.15) is 5.56 Å². The van der Waals surface area contributed by atoms with Crippen LogP contribution in [0.25, 0.3) is 10.9 Å². The molecule has 0 saturated heterocycles. The maximum absolute atomic E-state index is 13.7. The van der Waals surface area contributed by atoms with E-state index < -0.39 is 0 Å². The van der Waals surface area contributed by atoms with Crippen LogP contribution in [0.4, 0.5) is 21.8 Å². The van der Waals surface area contributed by atoms with Crippen LogP contribution in [0.2, 0.25) is 0 Å². The first-order valence-electron chi connectivity index (χ1n) is 8.71. The van der Waals surface area contributed by atoms with Gasteiger partial charge < -0.3 is 10.6 Å². The summed E-state index contributed by atoms with van der Waals surface area (Å²) in [5.41, 5.74) is 2.43. The normalized spacial score (nSPS) is 10.7. The van der Waals surface area contributed by atoms with E-state index in [9.17, 15) is 4.39 Å². The van der Waals surface area contributed by atoms with Crippen molar-refractivity contribution in [2.24, 2.45) is 0 Å². The van der Waals surface area contributed by atoms with Gasteiger partial charge in [-0.25, -0.2) is 9.37 Å². The lowest BCUT2D eigenvalue weighted by molar-refractivity contribution is 0.610. The molecule has 0 amide bonds. The van der Waals surface area contributed by atoms with Crippen molar-refractivity contribution in [3.63, 3.8) is 0 Å². The van der Waals surface area contributed by atoms with Crippen LogP contribution in [0.5, 0.6) is 0 Å². The number of benzene rings is 2. The van der Waals surface area contributed by atoms with Gasteiger partial charge in [-0.1, -0.05) is 36.4 Å². The molecule has 4 aromatic rings. The fraction of sp³-hybridized carbons (Fsp3) is 0.0952. The number of hydrogen-bond donors (Lipinski definition) is 2. The predicted octanol–water partition coefficient (Wildman–Crippen LogP) is 4.56. The summed E-state index contributed by atoms with van der Waals surface area (Å²) in [4.78, 5) is 13.1. The molecule has 27 heavy (non-hydrogen) atoms. The van der Waals surface area contributed by atoms with E-state index in [-0.39, 0.29) is 5.82 Å². The zero-order valence-electron chi connectivity index (χ0n) is 14.6. The van der Waals surface area contributed by atoms with E-state index in [4.69, 9.17) is 0 Å². The molecule has 4 rings (SSSR count). The molecule has 0 spiro atoms. The number of rotatable bonds is 6. The summed E-state index contributed by atoms with van der Waals surface area (Å²) in [6.07, 6.45) is 4.00. The van der Waals surface area contributed by atoms with Gasteiger partial charge in [0.15, 0.2) is 0 Å². The first-order chi connectivity index (χ1) is 13.3. The van der Waals surface area contributed by atoms with E-state index in [0.717, 1.165) is 16.6 Å². The van der Waals surface area contributed by atoms with Gasteiger partial charge in [0.1, 0.15) is 11.6 Å². The minimum atomic E-state index is -0.195. The number of fused-ring (bicyclic) bond motifs is 1. The Hall–Kier alpha value is -3.54. The van der Waals surface area contributed by atoms with Crippen LogP contribution in [-0.4, -0.2) is 21.5 Å². The quantitative estimate of drug-likeness (QED) is 0.528. The molecule has 2 N–H and O–H groups in total. The number of anilines is 3. The van der Waals surface area contributed by atoms with Crippen LogP contribution < -0.4 is 10.6 Å². The van der Waals surface area contributed by atoms with Crippen molar-refractivity contribution in [1.82, 2.24) is 15.0 Å². The zero-order valence-corrected chi connectivity index (χ0v) is 14.6. The van der Waals surface area contributed by atoms with Gasteiger partial charge in [-0.3, -0.25) is 4.98 Å². The molecule has 0 aliphatic carbocycles. The molecule has 2 aromatic carbocycles. The first-order valence-corrected chi connectivity index (χ1v) is 8.71. The number of halogens is 1. The molecule has 2 aromatic heterocycles. The van der Waals surface area contributed by atoms with E-state index in [1.807, 2.05) is 36.4 Å². The number of hydrogen-bond acceptors (Lipinski definition) is 5. The third-order valence-corrected chi connectivity index (χ3v) is 4.19. The fourth-order valence-electron chi connectivity index (χ4n) is 2.87. The SMILES string of the molecule is Fc1ccccc1CCNc1nccc(Nc2cccc3cccnc23)n1. The lowest BCUT2D eigenvalue weighted by Gasteiger charge is -2.10. The monoisotopic (exact) mass is 359 g/mol. The molecular formula is C21H18FN5. The number of pyridine rings is 1. The van der Waals surface area contributed by atoms with E-state index in [0.29, 0.717) is 30.3 Å². The Morgan fingerprint density at radius 1 is 0.852 bits per heavy atom. The molecule has 0 fully saturated rings. The molecule has 5 nitrogen and oxygen atoms in total. The molecule has 2 heterocycles. The summed E-state index contributed by atoms with van der Waals surface area (Å²) >= 11 is 0. The highest BCUT2D eigenvalue weighted by molar-refractivity contribution is 5.91. The van der Waals surface area contributed by atoms with Crippen LogP contribution in [0, 0.1) is 5.82 Å². The Labute approximate surface area is 156 Å². The van der Waals surface area contributed by atoms with Gasteiger partial charge in [-0.2, -0.15) is 4.98 Å². The summed E-state index contributed by atoms with van der Waals surface area (Å²) in [7, 11) is 0. The molecular weight excluding hydrogens is 341 g/mol. The van der Waals surface area contributed by atoms with E-state index >= 15 is 0 Å². The third-order valence-electron chi connectivity index (χ3n) is 4.19. The Bertz CT molecular complexity index is 1060. The van der Waals surface area contributed by atoms with Crippen LogP contribution >= 0.6 is 0 Å². The lowest BCUT2D eigenvalue weighted by Crippen LogP contribution is -2.09. The van der Waals surface area contributed by atoms with Gasteiger partial charge in [0.2, 0.25) is 5.95 Å². The van der Waals surface area contributed by atoms with Gasteiger partial charge in [0.05, 0.1) is 11.2 Å². The Morgan fingerprint density at radius 3 is 2.67 bits per heavy atom. The molecule has 0 saturated carbocycles. The molecule has 0 atom stereocenters. The van der Waals surface area contributed by atoms with Crippen LogP contribution in [0.3, 0.4) is 0 Å². The number of nitrogens with one attached hydrogen (secondary N) is 2. The summed E-state index contributed by atoms with van der Waals surface area (Å²) in [5, 5.41) is 7.49. The summed E-state index contributed by atoms with van der Waals surface area (Å²) < 4.78 is 13.7. The zero-order chi connectivity index (χ0) is 18.5. The highest BCUT2D eigenvalue weighted by atomic mass is 19.1. The molecule has 0 aliphatic rings. The minimum Gasteiger partial charge on any atom is -0.354 e. The standard InChI is InChI=1S/C21H18FN5/c22-17-8-2-1-5-15(17)10-13-24-21-25-14-11-19(27-21)26-18-9-3-6-16-7-4-12-23-20(16)18/h1-9,11-12,14H,10,13H2,(H2,24,25,26,27). The molecule has 0 unspecified atom stereocenters. The van der Waals surface area contributed by atoms with Crippen molar-refractivity contribution in [2.75, 3.05) is 17.2 Å². The predicted molar refractivity (Wildman–Crippen MR) is 106 cm³/mol. The maximum atomic E-state index is 13.7. The minimum absolute atomic E-state index is 0.195. The topological polar surface area (TPSA) is 62.7 Å². The third kappa shape index (κ3) is 4.00. The lowest BCUT2D eigenvalue weighted by atomic mass is 10.1. The van der Waals surface area contributed by atoms with Gasteiger partial charge in [0, 0.05) is 24.3 Å². The van der Waals surface area contributed by atoms with Crippen molar-refractivity contribution in [3.8, 4) is 0 Å². The second kappa shape index (κ2) is 7.78. The second-order valence-corrected chi connectivity index (χ2v) is 6.04. The summed E-state index contributed by atoms with van der Waals surface area (Å²) in [5.74, 6) is 0.958. The highest BCUT2D eigenvalue weighted by Crippen LogP contribution is 2.23.